The molecule has 19 heavy (non-hydrogen) atoms. The van der Waals surface area contributed by atoms with Gasteiger partial charge in [-0.3, -0.25) is 4.90 Å². The Morgan fingerprint density at radius 2 is 2.26 bits per heavy atom. The highest BCUT2D eigenvalue weighted by molar-refractivity contribution is 7.91. The van der Waals surface area contributed by atoms with Crippen LogP contribution in [0.5, 0.6) is 0 Å². The van der Waals surface area contributed by atoms with E-state index in [9.17, 15) is 8.42 Å². The Morgan fingerprint density at radius 1 is 1.42 bits per heavy atom. The first-order chi connectivity index (χ1) is 9.10. The zero-order chi connectivity index (χ0) is 13.5. The van der Waals surface area contributed by atoms with Gasteiger partial charge in [-0.15, -0.1) is 11.3 Å². The molecule has 7 heteroatoms. The van der Waals surface area contributed by atoms with Gasteiger partial charge >= 0.3 is 0 Å². The molecule has 2 aliphatic heterocycles. The fourth-order valence-corrected chi connectivity index (χ4v) is 5.62. The van der Waals surface area contributed by atoms with Crippen molar-refractivity contribution in [2.24, 2.45) is 5.73 Å². The molecule has 2 saturated heterocycles. The minimum atomic E-state index is -3.39. The maximum atomic E-state index is 12.3. The van der Waals surface area contributed by atoms with Crippen LogP contribution in [-0.4, -0.2) is 38.5 Å². The molecule has 0 aromatic carbocycles. The van der Waals surface area contributed by atoms with E-state index in [2.05, 4.69) is 9.62 Å². The molecule has 2 unspecified atom stereocenters. The average molecular weight is 301 g/mol. The van der Waals surface area contributed by atoms with Crippen molar-refractivity contribution in [3.05, 3.63) is 17.0 Å². The third-order valence-corrected chi connectivity index (χ3v) is 7.02. The van der Waals surface area contributed by atoms with Crippen molar-refractivity contribution in [3.63, 3.8) is 0 Å². The van der Waals surface area contributed by atoms with Crippen LogP contribution in [0.2, 0.25) is 0 Å². The molecule has 5 nitrogen and oxygen atoms in total. The van der Waals surface area contributed by atoms with Crippen LogP contribution in [0.1, 0.15) is 24.8 Å². The number of nitrogens with two attached hydrogens (primary N) is 1. The van der Waals surface area contributed by atoms with E-state index in [4.69, 9.17) is 5.73 Å². The summed E-state index contributed by atoms with van der Waals surface area (Å²) in [5, 5.41) is 1.81. The smallest absolute Gasteiger partial charge is 0.250 e. The Balaban J connectivity index is 1.74. The van der Waals surface area contributed by atoms with Crippen molar-refractivity contribution >= 4 is 21.4 Å². The lowest BCUT2D eigenvalue weighted by molar-refractivity contribution is 0.309. The highest BCUT2D eigenvalue weighted by Gasteiger charge is 2.39. The Kier molecular flexibility index (Phi) is 3.65. The molecule has 2 fully saturated rings. The summed E-state index contributed by atoms with van der Waals surface area (Å²) in [6, 6.07) is 2.13. The highest BCUT2D eigenvalue weighted by Crippen LogP contribution is 2.29. The maximum Gasteiger partial charge on any atom is 0.250 e. The predicted octanol–water partition coefficient (Wildman–Crippen LogP) is 0.722. The molecule has 0 bridgehead atoms. The van der Waals surface area contributed by atoms with E-state index in [0.717, 1.165) is 31.5 Å². The summed E-state index contributed by atoms with van der Waals surface area (Å²) in [6.45, 7) is 2.50. The largest absolute Gasteiger partial charge is 0.326 e. The molecule has 3 heterocycles. The number of rotatable bonds is 4. The van der Waals surface area contributed by atoms with Crippen LogP contribution >= 0.6 is 11.3 Å². The van der Waals surface area contributed by atoms with Crippen LogP contribution < -0.4 is 10.5 Å². The van der Waals surface area contributed by atoms with Crippen LogP contribution in [0.15, 0.2) is 15.7 Å². The van der Waals surface area contributed by atoms with Crippen LogP contribution in [-0.2, 0) is 16.6 Å². The average Bonchev–Trinajstić information content (AvgIpc) is 3.05. The first-order valence-electron chi connectivity index (χ1n) is 6.64. The van der Waals surface area contributed by atoms with Gasteiger partial charge in [0.05, 0.1) is 0 Å². The Hall–Kier alpha value is -0.470. The summed E-state index contributed by atoms with van der Waals surface area (Å²) in [7, 11) is -3.39. The Morgan fingerprint density at radius 3 is 3.00 bits per heavy atom. The number of thiophene rings is 1. The van der Waals surface area contributed by atoms with E-state index in [1.165, 1.54) is 17.8 Å². The second-order valence-electron chi connectivity index (χ2n) is 5.24. The quantitative estimate of drug-likeness (QED) is 0.859. The van der Waals surface area contributed by atoms with Gasteiger partial charge in [-0.1, -0.05) is 0 Å². The zero-order valence-corrected chi connectivity index (χ0v) is 12.3. The van der Waals surface area contributed by atoms with Gasteiger partial charge in [0.15, 0.2) is 0 Å². The molecule has 1 aromatic heterocycles. The lowest BCUT2D eigenvalue weighted by atomic mass is 10.1. The van der Waals surface area contributed by atoms with Crippen molar-refractivity contribution < 1.29 is 8.42 Å². The third-order valence-electron chi connectivity index (χ3n) is 4.04. The number of fused-ring (bicyclic) bond motifs is 1. The van der Waals surface area contributed by atoms with Gasteiger partial charge in [0.2, 0.25) is 10.0 Å². The van der Waals surface area contributed by atoms with Gasteiger partial charge in [0.1, 0.15) is 4.21 Å². The number of hydrogen-bond donors (Lipinski definition) is 2. The molecule has 2 atom stereocenters. The normalized spacial score (nSPS) is 27.8. The first kappa shape index (κ1) is 13.5. The van der Waals surface area contributed by atoms with Gasteiger partial charge in [-0.05, 0) is 42.8 Å². The summed E-state index contributed by atoms with van der Waals surface area (Å²) in [5.74, 6) is 0. The third kappa shape index (κ3) is 2.57. The maximum absolute atomic E-state index is 12.3. The van der Waals surface area contributed by atoms with Gasteiger partial charge < -0.3 is 5.73 Å². The van der Waals surface area contributed by atoms with Crippen molar-refractivity contribution in [3.8, 4) is 0 Å². The van der Waals surface area contributed by atoms with Crippen LogP contribution in [0, 0.1) is 0 Å². The van der Waals surface area contributed by atoms with Crippen molar-refractivity contribution in [1.82, 2.24) is 9.62 Å². The summed E-state index contributed by atoms with van der Waals surface area (Å²) in [4.78, 5) is 2.40. The van der Waals surface area contributed by atoms with Gasteiger partial charge in [-0.2, -0.15) is 0 Å². The fraction of sp³-hybridized carbons (Fsp3) is 0.667. The molecule has 0 amide bonds. The molecule has 3 N–H and O–H groups in total. The van der Waals surface area contributed by atoms with Crippen LogP contribution in [0.4, 0.5) is 0 Å². The van der Waals surface area contributed by atoms with E-state index in [1.807, 2.05) is 5.38 Å². The molecule has 2 aliphatic rings. The monoisotopic (exact) mass is 301 g/mol. The molecule has 0 saturated carbocycles. The van der Waals surface area contributed by atoms with Gasteiger partial charge in [-0.25, -0.2) is 13.1 Å². The Labute approximate surface area is 117 Å². The molecule has 1 aromatic rings. The number of hydrogen-bond acceptors (Lipinski definition) is 5. The predicted molar refractivity (Wildman–Crippen MR) is 75.5 cm³/mol. The Bertz CT molecular complexity index is 555. The summed E-state index contributed by atoms with van der Waals surface area (Å²) >= 11 is 1.25. The van der Waals surface area contributed by atoms with Crippen LogP contribution in [0.3, 0.4) is 0 Å². The van der Waals surface area contributed by atoms with Gasteiger partial charge in [0.25, 0.3) is 0 Å². The van der Waals surface area contributed by atoms with E-state index >= 15 is 0 Å². The van der Waals surface area contributed by atoms with Crippen molar-refractivity contribution in [2.75, 3.05) is 13.1 Å². The van der Waals surface area contributed by atoms with Gasteiger partial charge in [0, 0.05) is 25.2 Å². The number of sulfonamides is 1. The van der Waals surface area contributed by atoms with E-state index in [1.54, 1.807) is 6.07 Å². The molecule has 0 aliphatic carbocycles. The van der Waals surface area contributed by atoms with Crippen LogP contribution in [0.25, 0.3) is 0 Å². The zero-order valence-electron chi connectivity index (χ0n) is 10.7. The highest BCUT2D eigenvalue weighted by atomic mass is 32.2. The minimum absolute atomic E-state index is 0.0657. The van der Waals surface area contributed by atoms with Crippen molar-refractivity contribution in [2.45, 2.75) is 42.1 Å². The van der Waals surface area contributed by atoms with E-state index in [0.29, 0.717) is 16.8 Å². The topological polar surface area (TPSA) is 75.4 Å². The SMILES string of the molecule is NCc1csc(S(=O)(=O)NC2CCN3CCCC23)c1. The summed E-state index contributed by atoms with van der Waals surface area (Å²) in [5.41, 5.74) is 6.40. The summed E-state index contributed by atoms with van der Waals surface area (Å²) in [6.07, 6.45) is 3.20. The first-order valence-corrected chi connectivity index (χ1v) is 9.00. The second-order valence-corrected chi connectivity index (χ2v) is 8.09. The van der Waals surface area contributed by atoms with Crippen molar-refractivity contribution in [1.29, 1.82) is 0 Å². The molecule has 0 radical (unpaired) electrons. The number of nitrogens with zero attached hydrogens (tertiary/aromatic N) is 1. The lowest BCUT2D eigenvalue weighted by Crippen LogP contribution is -2.42. The molecule has 0 spiro atoms. The van der Waals surface area contributed by atoms with E-state index in [-0.39, 0.29) is 6.04 Å². The molecular weight excluding hydrogens is 282 g/mol. The summed E-state index contributed by atoms with van der Waals surface area (Å²) < 4.78 is 28.0. The fourth-order valence-electron chi connectivity index (χ4n) is 3.08. The molecule has 3 rings (SSSR count). The van der Waals surface area contributed by atoms with E-state index < -0.39 is 10.0 Å². The lowest BCUT2D eigenvalue weighted by Gasteiger charge is -2.20. The number of nitrogens with one attached hydrogen (secondary N) is 1. The molecular formula is C12H19N3O2S2. The minimum Gasteiger partial charge on any atom is -0.326 e. The molecule has 106 valence electrons. The second kappa shape index (κ2) is 5.14. The standard InChI is InChI=1S/C12H19N3O2S2/c13-7-9-6-12(18-8-9)19(16,17)14-10-3-5-15-4-1-2-11(10)15/h6,8,10-11,14H,1-5,7,13H2.